The molecule has 4 radical (unpaired) electrons. The Hall–Kier alpha value is 1.58. The second-order valence-electron chi connectivity index (χ2n) is 0.896. The van der Waals surface area contributed by atoms with E-state index in [1.807, 2.05) is 0 Å². The van der Waals surface area contributed by atoms with Gasteiger partial charge in [-0.15, -0.1) is 0 Å². The molecule has 0 bridgehead atoms. The van der Waals surface area contributed by atoms with Gasteiger partial charge in [0.2, 0.25) is 0 Å². The third-order valence-corrected chi connectivity index (χ3v) is 0. The molecule has 0 heterocycles. The predicted molar refractivity (Wildman–Crippen MR) is 45.4 cm³/mol. The van der Waals surface area contributed by atoms with Crippen molar-refractivity contribution in [1.29, 1.82) is 0 Å². The number of hydrogen-bond donors (Lipinski definition) is 4. The molecule has 76 valence electrons. The minimum atomic E-state index is -4.67. The van der Waals surface area contributed by atoms with Crippen LogP contribution in [0.5, 0.6) is 0 Å². The molecule has 0 aromatic heterocycles. The van der Waals surface area contributed by atoms with Gasteiger partial charge in [-0.1, -0.05) is 0 Å². The van der Waals surface area contributed by atoms with E-state index in [-0.39, 0.29) is 54.6 Å². The van der Waals surface area contributed by atoms with Crippen LogP contribution in [-0.2, 0) is 20.8 Å². The van der Waals surface area contributed by atoms with E-state index in [9.17, 15) is 0 Å². The molecule has 0 aromatic carbocycles. The molecule has 0 atom stereocenters. The molecule has 4 N–H and O–H groups in total. The van der Waals surface area contributed by atoms with E-state index in [0.29, 0.717) is 0 Å². The van der Waals surface area contributed by atoms with E-state index in [1.165, 1.54) is 0 Å². The van der Waals surface area contributed by atoms with Gasteiger partial charge in [-0.3, -0.25) is 18.2 Å². The first-order valence-corrected chi connectivity index (χ1v) is 4.19. The van der Waals surface area contributed by atoms with Crippen LogP contribution in [-0.4, -0.2) is 89.6 Å². The average Bonchev–Trinajstić information content (AvgIpc) is 1.12. The third-order valence-electron chi connectivity index (χ3n) is 0. The van der Waals surface area contributed by atoms with Gasteiger partial charge in [0.1, 0.15) is 0 Å². The zero-order valence-corrected chi connectivity index (χ0v) is 18.3. The summed E-state index contributed by atoms with van der Waals surface area (Å²) in [5.41, 5.74) is 0. The molecule has 0 unspecified atom stereocenters. The van der Waals surface area contributed by atoms with Crippen LogP contribution >= 0.6 is 0 Å². The van der Waals surface area contributed by atoms with Gasteiger partial charge in [-0.2, -0.15) is 16.8 Å². The summed E-state index contributed by atoms with van der Waals surface area (Å²) in [5.74, 6) is 0. The van der Waals surface area contributed by atoms with Crippen LogP contribution < -0.4 is 0 Å². The molecule has 0 aliphatic carbocycles. The summed E-state index contributed by atoms with van der Waals surface area (Å²) in [5, 5.41) is 0. The van der Waals surface area contributed by atoms with Crippen molar-refractivity contribution in [3.05, 3.63) is 0 Å². The van der Waals surface area contributed by atoms with E-state index in [0.717, 1.165) is 0 Å². The Balaban J connectivity index is -0.0000000457. The summed E-state index contributed by atoms with van der Waals surface area (Å²) in [7, 11) is -9.33. The van der Waals surface area contributed by atoms with E-state index < -0.39 is 20.8 Å². The Morgan fingerprint density at radius 2 is 0.583 bits per heavy atom. The summed E-state index contributed by atoms with van der Waals surface area (Å²) >= 11 is 0. The Morgan fingerprint density at radius 1 is 0.583 bits per heavy atom. The molecular formula is H8O8Pb2S2. The zero-order valence-electron chi connectivity index (χ0n) is 5.65. The summed E-state index contributed by atoms with van der Waals surface area (Å²) in [6, 6.07) is 0. The van der Waals surface area contributed by atoms with Crippen LogP contribution in [0.1, 0.15) is 0 Å². The quantitative estimate of drug-likeness (QED) is 0.165. The van der Waals surface area contributed by atoms with Crippen molar-refractivity contribution >= 4 is 75.4 Å². The van der Waals surface area contributed by atoms with Crippen LogP contribution in [0.2, 0.25) is 0 Å². The fourth-order valence-corrected chi connectivity index (χ4v) is 0. The minimum absolute atomic E-state index is 0. The monoisotopic (exact) mass is 616 g/mol. The van der Waals surface area contributed by atoms with Crippen LogP contribution in [0.3, 0.4) is 0 Å². The Labute approximate surface area is 109 Å². The zero-order chi connectivity index (χ0) is 9.00. The first-order valence-electron chi connectivity index (χ1n) is 1.40. The second-order valence-corrected chi connectivity index (χ2v) is 2.69. The summed E-state index contributed by atoms with van der Waals surface area (Å²) in [6.45, 7) is 0. The van der Waals surface area contributed by atoms with Crippen molar-refractivity contribution in [1.82, 2.24) is 0 Å². The topological polar surface area (TPSA) is 149 Å². The van der Waals surface area contributed by atoms with Gasteiger partial charge in [0.15, 0.2) is 0 Å². The van der Waals surface area contributed by atoms with Gasteiger partial charge in [-0.05, 0) is 0 Å². The van der Waals surface area contributed by atoms with Gasteiger partial charge in [0, 0.05) is 0 Å². The molecular weight excluding hydrogens is 607 g/mol. The molecule has 0 aliphatic rings. The third kappa shape index (κ3) is 517. The van der Waals surface area contributed by atoms with Gasteiger partial charge in [-0.25, -0.2) is 0 Å². The van der Waals surface area contributed by atoms with E-state index in [2.05, 4.69) is 0 Å². The van der Waals surface area contributed by atoms with Crippen molar-refractivity contribution in [2.24, 2.45) is 0 Å². The number of rotatable bonds is 0. The maximum atomic E-state index is 8.74. The van der Waals surface area contributed by atoms with Crippen LogP contribution in [0.25, 0.3) is 0 Å². The molecule has 0 aliphatic heterocycles. The normalized spacial score (nSPS) is 9.67. The van der Waals surface area contributed by atoms with E-state index in [4.69, 9.17) is 35.0 Å². The SMILES string of the molecule is O=S(=O)(O)O.O=S(=O)(O)O.[PbH2].[PbH2]. The first-order chi connectivity index (χ1) is 4.00. The second kappa shape index (κ2) is 9.15. The molecule has 12 heavy (non-hydrogen) atoms. The molecule has 0 rings (SSSR count). The first kappa shape index (κ1) is 23.4. The predicted octanol–water partition coefficient (Wildman–Crippen LogP) is -3.14. The van der Waals surface area contributed by atoms with Crippen molar-refractivity contribution in [2.75, 3.05) is 0 Å². The molecule has 12 heteroatoms. The molecule has 0 saturated carbocycles. The van der Waals surface area contributed by atoms with Gasteiger partial charge in [0.25, 0.3) is 0 Å². The fourth-order valence-electron chi connectivity index (χ4n) is 0. The Morgan fingerprint density at radius 3 is 0.583 bits per heavy atom. The Kier molecular flexibility index (Phi) is 17.9. The van der Waals surface area contributed by atoms with Crippen molar-refractivity contribution in [3.8, 4) is 0 Å². The fraction of sp³-hybridized carbons (Fsp3) is 0. The van der Waals surface area contributed by atoms with E-state index >= 15 is 0 Å². The van der Waals surface area contributed by atoms with Gasteiger partial charge < -0.3 is 0 Å². The summed E-state index contributed by atoms with van der Waals surface area (Å²) in [6.07, 6.45) is 0. The summed E-state index contributed by atoms with van der Waals surface area (Å²) < 4.78 is 63.2. The molecule has 0 spiro atoms. The molecule has 0 aromatic rings. The number of hydrogen-bond acceptors (Lipinski definition) is 4. The van der Waals surface area contributed by atoms with Crippen molar-refractivity contribution < 1.29 is 35.0 Å². The van der Waals surface area contributed by atoms with Gasteiger partial charge in [0.05, 0.1) is 0 Å². The van der Waals surface area contributed by atoms with Crippen LogP contribution in [0.15, 0.2) is 0 Å². The van der Waals surface area contributed by atoms with Crippen LogP contribution in [0.4, 0.5) is 0 Å². The molecule has 0 saturated heterocycles. The maximum absolute atomic E-state index is 8.74. The van der Waals surface area contributed by atoms with E-state index in [1.54, 1.807) is 0 Å². The van der Waals surface area contributed by atoms with Crippen molar-refractivity contribution in [2.45, 2.75) is 0 Å². The van der Waals surface area contributed by atoms with Crippen molar-refractivity contribution in [3.63, 3.8) is 0 Å². The molecule has 0 amide bonds. The average molecular weight is 615 g/mol. The Bertz CT molecular complexity index is 211. The van der Waals surface area contributed by atoms with Crippen LogP contribution in [0, 0.1) is 0 Å². The molecule has 8 nitrogen and oxygen atoms in total. The standard InChI is InChI=1S/2H2O4S.2Pb.4H/c2*1-5(2,3)4;;;;;;/h2*(H2,1,2,3,4);;;;;;. The van der Waals surface area contributed by atoms with Gasteiger partial charge >= 0.3 is 75.4 Å². The summed E-state index contributed by atoms with van der Waals surface area (Å²) in [4.78, 5) is 0. The molecule has 0 fully saturated rings.